The van der Waals surface area contributed by atoms with Gasteiger partial charge in [-0.05, 0) is 45.1 Å². The van der Waals surface area contributed by atoms with Gasteiger partial charge in [-0.2, -0.15) is 0 Å². The third-order valence-corrected chi connectivity index (χ3v) is 3.89. The number of benzene rings is 1. The largest absolute Gasteiger partial charge is 0.317 e. The van der Waals surface area contributed by atoms with Crippen LogP contribution in [0.2, 0.25) is 0 Å². The van der Waals surface area contributed by atoms with Crippen LogP contribution in [0.3, 0.4) is 0 Å². The van der Waals surface area contributed by atoms with Crippen molar-refractivity contribution in [3.05, 3.63) is 34.3 Å². The Balaban J connectivity index is 2.43. The van der Waals surface area contributed by atoms with Gasteiger partial charge in [0.05, 0.1) is 0 Å². The van der Waals surface area contributed by atoms with E-state index in [-0.39, 0.29) is 0 Å². The van der Waals surface area contributed by atoms with E-state index >= 15 is 0 Å². The first-order valence-electron chi connectivity index (χ1n) is 6.29. The molecule has 2 nitrogen and oxygen atoms in total. The lowest BCUT2D eigenvalue weighted by atomic mass is 10.1. The van der Waals surface area contributed by atoms with Gasteiger partial charge in [-0.1, -0.05) is 41.1 Å². The number of hydrogen-bond donors (Lipinski definition) is 1. The summed E-state index contributed by atoms with van der Waals surface area (Å²) < 4.78 is 1.20. The van der Waals surface area contributed by atoms with Gasteiger partial charge in [0.1, 0.15) is 0 Å². The van der Waals surface area contributed by atoms with Gasteiger partial charge in [-0.15, -0.1) is 0 Å². The van der Waals surface area contributed by atoms with Crippen LogP contribution in [0.1, 0.15) is 25.8 Å². The molecule has 3 heteroatoms. The molecule has 1 aromatic rings. The molecule has 0 amide bonds. The lowest BCUT2D eigenvalue weighted by molar-refractivity contribution is 0.236. The zero-order valence-electron chi connectivity index (χ0n) is 11.0. The topological polar surface area (TPSA) is 15.3 Å². The normalized spacial score (nSPS) is 13.0. The predicted molar refractivity (Wildman–Crippen MR) is 78.2 cm³/mol. The summed E-state index contributed by atoms with van der Waals surface area (Å²) in [6.07, 6.45) is 1.19. The van der Waals surface area contributed by atoms with Crippen molar-refractivity contribution in [3.8, 4) is 0 Å². The van der Waals surface area contributed by atoms with Crippen LogP contribution in [0.25, 0.3) is 0 Å². The summed E-state index contributed by atoms with van der Waals surface area (Å²) in [4.78, 5) is 2.40. The third kappa shape index (κ3) is 5.19. The van der Waals surface area contributed by atoms with E-state index in [0.717, 1.165) is 19.6 Å². The Hall–Kier alpha value is -0.380. The highest BCUT2D eigenvalue weighted by Gasteiger charge is 2.10. The number of halogens is 1. The van der Waals surface area contributed by atoms with E-state index in [1.165, 1.54) is 16.5 Å². The number of hydrogen-bond acceptors (Lipinski definition) is 2. The van der Waals surface area contributed by atoms with Crippen molar-refractivity contribution in [3.63, 3.8) is 0 Å². The number of rotatable bonds is 7. The molecule has 1 aromatic carbocycles. The van der Waals surface area contributed by atoms with Gasteiger partial charge in [-0.3, -0.25) is 4.90 Å². The summed E-state index contributed by atoms with van der Waals surface area (Å²) in [5.41, 5.74) is 1.35. The van der Waals surface area contributed by atoms with E-state index in [0.29, 0.717) is 6.04 Å². The first-order valence-corrected chi connectivity index (χ1v) is 7.08. The van der Waals surface area contributed by atoms with Crippen LogP contribution >= 0.6 is 15.9 Å². The van der Waals surface area contributed by atoms with Crippen molar-refractivity contribution in [2.75, 3.05) is 20.1 Å². The Morgan fingerprint density at radius 2 is 2.06 bits per heavy atom. The average molecular weight is 299 g/mol. The molecule has 1 N–H and O–H groups in total. The second kappa shape index (κ2) is 7.85. The van der Waals surface area contributed by atoms with Crippen LogP contribution in [0.5, 0.6) is 0 Å². The molecular weight excluding hydrogens is 276 g/mol. The Bertz CT molecular complexity index is 328. The number of nitrogens with one attached hydrogen (secondary N) is 1. The molecule has 1 unspecified atom stereocenters. The maximum atomic E-state index is 3.60. The van der Waals surface area contributed by atoms with Gasteiger partial charge < -0.3 is 5.32 Å². The molecule has 1 atom stereocenters. The minimum atomic E-state index is 0.598. The van der Waals surface area contributed by atoms with E-state index in [2.05, 4.69) is 71.3 Å². The predicted octanol–water partition coefficient (Wildman–Crippen LogP) is 3.27. The lowest BCUT2D eigenvalue weighted by Crippen LogP contribution is -2.31. The summed E-state index contributed by atoms with van der Waals surface area (Å²) >= 11 is 3.60. The molecule has 0 heterocycles. The zero-order chi connectivity index (χ0) is 12.7. The molecule has 17 heavy (non-hydrogen) atoms. The minimum absolute atomic E-state index is 0.598. The summed E-state index contributed by atoms with van der Waals surface area (Å²) in [7, 11) is 2.19. The molecule has 96 valence electrons. The van der Waals surface area contributed by atoms with E-state index in [1.54, 1.807) is 0 Å². The molecule has 0 spiro atoms. The van der Waals surface area contributed by atoms with Crippen molar-refractivity contribution in [1.82, 2.24) is 10.2 Å². The SMILES string of the molecule is CCNCCC(C)N(C)Cc1ccccc1Br. The molecule has 0 aliphatic rings. The fourth-order valence-electron chi connectivity index (χ4n) is 1.76. The third-order valence-electron chi connectivity index (χ3n) is 3.12. The molecule has 0 radical (unpaired) electrons. The molecule has 0 fully saturated rings. The van der Waals surface area contributed by atoms with Gasteiger partial charge in [0.15, 0.2) is 0 Å². The smallest absolute Gasteiger partial charge is 0.0244 e. The summed E-state index contributed by atoms with van der Waals surface area (Å²) in [5, 5.41) is 3.37. The fourth-order valence-corrected chi connectivity index (χ4v) is 2.17. The molecular formula is C14H23BrN2. The molecule has 0 aromatic heterocycles. The van der Waals surface area contributed by atoms with Crippen LogP contribution in [-0.4, -0.2) is 31.1 Å². The fraction of sp³-hybridized carbons (Fsp3) is 0.571. The lowest BCUT2D eigenvalue weighted by Gasteiger charge is -2.25. The summed E-state index contributed by atoms with van der Waals surface area (Å²) in [6, 6.07) is 9.03. The highest BCUT2D eigenvalue weighted by molar-refractivity contribution is 9.10. The van der Waals surface area contributed by atoms with Crippen molar-refractivity contribution in [1.29, 1.82) is 0 Å². The average Bonchev–Trinajstić information content (AvgIpc) is 2.32. The van der Waals surface area contributed by atoms with Crippen LogP contribution in [0, 0.1) is 0 Å². The standard InChI is InChI=1S/C14H23BrN2/c1-4-16-10-9-12(2)17(3)11-13-7-5-6-8-14(13)15/h5-8,12,16H,4,9-11H2,1-3H3. The van der Waals surface area contributed by atoms with E-state index < -0.39 is 0 Å². The van der Waals surface area contributed by atoms with Gasteiger partial charge in [-0.25, -0.2) is 0 Å². The van der Waals surface area contributed by atoms with Crippen molar-refractivity contribution < 1.29 is 0 Å². The monoisotopic (exact) mass is 298 g/mol. The summed E-state index contributed by atoms with van der Waals surface area (Å²) in [6.45, 7) is 7.58. The molecule has 0 aliphatic heterocycles. The first kappa shape index (κ1) is 14.7. The van der Waals surface area contributed by atoms with Gasteiger partial charge in [0, 0.05) is 17.1 Å². The molecule has 0 bridgehead atoms. The van der Waals surface area contributed by atoms with E-state index in [1.807, 2.05) is 0 Å². The van der Waals surface area contributed by atoms with Crippen molar-refractivity contribution >= 4 is 15.9 Å². The quantitative estimate of drug-likeness (QED) is 0.777. The van der Waals surface area contributed by atoms with E-state index in [4.69, 9.17) is 0 Å². The molecule has 0 aliphatic carbocycles. The van der Waals surface area contributed by atoms with Gasteiger partial charge in [0.2, 0.25) is 0 Å². The minimum Gasteiger partial charge on any atom is -0.317 e. The second-order valence-corrected chi connectivity index (χ2v) is 5.35. The Morgan fingerprint density at radius 3 is 2.71 bits per heavy atom. The van der Waals surface area contributed by atoms with E-state index in [9.17, 15) is 0 Å². The highest BCUT2D eigenvalue weighted by Crippen LogP contribution is 2.18. The molecule has 0 saturated carbocycles. The van der Waals surface area contributed by atoms with Crippen LogP contribution in [-0.2, 0) is 6.54 Å². The van der Waals surface area contributed by atoms with Crippen LogP contribution in [0.4, 0.5) is 0 Å². The van der Waals surface area contributed by atoms with Crippen molar-refractivity contribution in [2.24, 2.45) is 0 Å². The Kier molecular flexibility index (Phi) is 6.78. The van der Waals surface area contributed by atoms with Gasteiger partial charge >= 0.3 is 0 Å². The van der Waals surface area contributed by atoms with Crippen LogP contribution < -0.4 is 5.32 Å². The Labute approximate surface area is 114 Å². The molecule has 0 saturated heterocycles. The summed E-state index contributed by atoms with van der Waals surface area (Å²) in [5.74, 6) is 0. The maximum absolute atomic E-state index is 3.60. The zero-order valence-corrected chi connectivity index (χ0v) is 12.6. The highest BCUT2D eigenvalue weighted by atomic mass is 79.9. The van der Waals surface area contributed by atoms with Gasteiger partial charge in [0.25, 0.3) is 0 Å². The maximum Gasteiger partial charge on any atom is 0.0244 e. The van der Waals surface area contributed by atoms with Crippen molar-refractivity contribution in [2.45, 2.75) is 32.9 Å². The Morgan fingerprint density at radius 1 is 1.35 bits per heavy atom. The van der Waals surface area contributed by atoms with Crippen LogP contribution in [0.15, 0.2) is 28.7 Å². The first-order chi connectivity index (χ1) is 8.15. The number of nitrogens with zero attached hydrogens (tertiary/aromatic N) is 1. The second-order valence-electron chi connectivity index (χ2n) is 4.50. The molecule has 1 rings (SSSR count).